The minimum atomic E-state index is 0.172. The topological polar surface area (TPSA) is 17.1 Å². The number of hydrogen-bond acceptors (Lipinski definition) is 1. The van der Waals surface area contributed by atoms with Gasteiger partial charge in [0.25, 0.3) is 0 Å². The normalized spacial score (nSPS) is 12.0. The summed E-state index contributed by atoms with van der Waals surface area (Å²) < 4.78 is 0. The molecule has 0 atom stereocenters. The van der Waals surface area contributed by atoms with Gasteiger partial charge in [0.2, 0.25) is 0 Å². The zero-order valence-corrected chi connectivity index (χ0v) is 7.13. The van der Waals surface area contributed by atoms with Gasteiger partial charge in [0.05, 0.1) is 0 Å². The highest BCUT2D eigenvalue weighted by Gasteiger charge is 1.99. The van der Waals surface area contributed by atoms with Crippen LogP contribution in [0.1, 0.15) is 20.3 Å². The Bertz CT molecular complexity index is 197. The Hall–Kier alpha value is -1.11. The van der Waals surface area contributed by atoms with E-state index in [1.807, 2.05) is 19.9 Å². The number of Topliss-reactive ketones (excluding diaryl/α,β-unsaturated/α-hetero) is 1. The minimum absolute atomic E-state index is 0.172. The zero-order valence-electron chi connectivity index (χ0n) is 7.13. The molecule has 0 bridgehead atoms. The van der Waals surface area contributed by atoms with Gasteiger partial charge in [-0.25, -0.2) is 0 Å². The van der Waals surface area contributed by atoms with Crippen molar-refractivity contribution in [2.75, 3.05) is 0 Å². The molecular formula is C10H14O. The molecule has 0 spiro atoms. The highest BCUT2D eigenvalue weighted by Crippen LogP contribution is 2.01. The summed E-state index contributed by atoms with van der Waals surface area (Å²) in [6, 6.07) is 0. The molecule has 11 heavy (non-hydrogen) atoms. The molecule has 0 aliphatic heterocycles. The maximum Gasteiger partial charge on any atom is 0.162 e. The van der Waals surface area contributed by atoms with E-state index in [0.717, 1.165) is 5.57 Å². The van der Waals surface area contributed by atoms with Gasteiger partial charge in [0.1, 0.15) is 0 Å². The highest BCUT2D eigenvalue weighted by molar-refractivity contribution is 5.97. The number of allylic oxidation sites excluding steroid dienone is 5. The molecular weight excluding hydrogens is 136 g/mol. The van der Waals surface area contributed by atoms with E-state index in [0.29, 0.717) is 6.42 Å². The van der Waals surface area contributed by atoms with Crippen molar-refractivity contribution in [3.8, 4) is 0 Å². The Morgan fingerprint density at radius 1 is 1.55 bits per heavy atom. The maximum atomic E-state index is 11.1. The molecule has 0 aliphatic carbocycles. The molecule has 0 amide bonds. The molecule has 0 saturated carbocycles. The van der Waals surface area contributed by atoms with E-state index in [1.54, 1.807) is 18.2 Å². The fraction of sp³-hybridized carbons (Fsp3) is 0.300. The van der Waals surface area contributed by atoms with Crippen LogP contribution in [0.15, 0.2) is 36.5 Å². The van der Waals surface area contributed by atoms with E-state index in [2.05, 4.69) is 6.58 Å². The number of carbonyl (C=O) groups excluding carboxylic acids is 1. The van der Waals surface area contributed by atoms with Crippen LogP contribution >= 0.6 is 0 Å². The van der Waals surface area contributed by atoms with Gasteiger partial charge in [-0.2, -0.15) is 0 Å². The van der Waals surface area contributed by atoms with Gasteiger partial charge in [0.15, 0.2) is 5.78 Å². The molecule has 0 aromatic carbocycles. The van der Waals surface area contributed by atoms with Crippen LogP contribution in [0.2, 0.25) is 0 Å². The van der Waals surface area contributed by atoms with E-state index >= 15 is 0 Å². The predicted molar refractivity (Wildman–Crippen MR) is 48.4 cm³/mol. The smallest absolute Gasteiger partial charge is 0.162 e. The van der Waals surface area contributed by atoms with Crippen LogP contribution in [-0.2, 0) is 4.79 Å². The minimum Gasteiger partial charge on any atom is -0.294 e. The molecule has 0 saturated heterocycles. The van der Waals surface area contributed by atoms with Crippen molar-refractivity contribution in [3.05, 3.63) is 36.5 Å². The Balaban J connectivity index is 4.31. The monoisotopic (exact) mass is 150 g/mol. The van der Waals surface area contributed by atoms with Crippen molar-refractivity contribution in [1.29, 1.82) is 0 Å². The quantitative estimate of drug-likeness (QED) is 0.445. The fourth-order valence-corrected chi connectivity index (χ4v) is 0.726. The lowest BCUT2D eigenvalue weighted by atomic mass is 10.1. The van der Waals surface area contributed by atoms with Gasteiger partial charge < -0.3 is 0 Å². The van der Waals surface area contributed by atoms with Gasteiger partial charge in [0, 0.05) is 12.0 Å². The lowest BCUT2D eigenvalue weighted by Gasteiger charge is -1.94. The molecule has 60 valence electrons. The molecule has 0 radical (unpaired) electrons. The number of carbonyl (C=O) groups is 1. The van der Waals surface area contributed by atoms with Gasteiger partial charge in [-0.3, -0.25) is 4.79 Å². The van der Waals surface area contributed by atoms with Crippen LogP contribution in [0.4, 0.5) is 0 Å². The third kappa shape index (κ3) is 3.56. The molecule has 1 nitrogen and oxygen atoms in total. The van der Waals surface area contributed by atoms with Crippen molar-refractivity contribution in [2.24, 2.45) is 0 Å². The summed E-state index contributed by atoms with van der Waals surface area (Å²) in [5.74, 6) is 0.172. The Morgan fingerprint density at radius 3 is 2.55 bits per heavy atom. The second-order valence-corrected chi connectivity index (χ2v) is 2.12. The van der Waals surface area contributed by atoms with Crippen LogP contribution in [-0.4, -0.2) is 5.78 Å². The molecule has 0 unspecified atom stereocenters. The molecule has 0 fully saturated rings. The van der Waals surface area contributed by atoms with Crippen LogP contribution in [0.5, 0.6) is 0 Å². The zero-order chi connectivity index (χ0) is 8.69. The van der Waals surface area contributed by atoms with E-state index in [-0.39, 0.29) is 5.78 Å². The summed E-state index contributed by atoms with van der Waals surface area (Å²) in [6.45, 7) is 7.24. The summed E-state index contributed by atoms with van der Waals surface area (Å²) in [5.41, 5.74) is 0.757. The average Bonchev–Trinajstić information content (AvgIpc) is 2.05. The molecule has 0 aromatic heterocycles. The third-order valence-electron chi connectivity index (χ3n) is 1.37. The van der Waals surface area contributed by atoms with Crippen LogP contribution in [0, 0.1) is 0 Å². The molecule has 1 heteroatoms. The van der Waals surface area contributed by atoms with Crippen LogP contribution in [0.3, 0.4) is 0 Å². The number of hydrogen-bond donors (Lipinski definition) is 0. The molecule has 0 N–H and O–H groups in total. The van der Waals surface area contributed by atoms with Crippen LogP contribution < -0.4 is 0 Å². The first-order valence-corrected chi connectivity index (χ1v) is 3.74. The van der Waals surface area contributed by atoms with E-state index < -0.39 is 0 Å². The lowest BCUT2D eigenvalue weighted by molar-refractivity contribution is -0.115. The van der Waals surface area contributed by atoms with Gasteiger partial charge in [-0.15, -0.1) is 0 Å². The fourth-order valence-electron chi connectivity index (χ4n) is 0.726. The van der Waals surface area contributed by atoms with Crippen molar-refractivity contribution in [3.63, 3.8) is 0 Å². The van der Waals surface area contributed by atoms with Gasteiger partial charge in [-0.1, -0.05) is 37.8 Å². The summed E-state index contributed by atoms with van der Waals surface area (Å²) >= 11 is 0. The number of rotatable bonds is 4. The standard InChI is InChI=1S/C10H14O/c1-4-7-8-9(5-2)10(11)6-3/h4-5,7-8H,1,6H2,2-3H3/b8-7-,9-5+. The van der Waals surface area contributed by atoms with Gasteiger partial charge in [-0.05, 0) is 6.92 Å². The Morgan fingerprint density at radius 2 is 2.18 bits per heavy atom. The highest BCUT2D eigenvalue weighted by atomic mass is 16.1. The summed E-state index contributed by atoms with van der Waals surface area (Å²) in [6.07, 6.45) is 7.57. The lowest BCUT2D eigenvalue weighted by Crippen LogP contribution is -1.96. The Kier molecular flexibility index (Phi) is 5.09. The summed E-state index contributed by atoms with van der Waals surface area (Å²) in [5, 5.41) is 0. The summed E-state index contributed by atoms with van der Waals surface area (Å²) in [7, 11) is 0. The van der Waals surface area contributed by atoms with Gasteiger partial charge >= 0.3 is 0 Å². The largest absolute Gasteiger partial charge is 0.294 e. The van der Waals surface area contributed by atoms with Crippen molar-refractivity contribution >= 4 is 5.78 Å². The first kappa shape index (κ1) is 9.89. The number of ketones is 1. The summed E-state index contributed by atoms with van der Waals surface area (Å²) in [4.78, 5) is 11.1. The van der Waals surface area contributed by atoms with E-state index in [4.69, 9.17) is 0 Å². The SMILES string of the molecule is C=C/C=C\C(=C/C)C(=O)CC. The third-order valence-corrected chi connectivity index (χ3v) is 1.37. The predicted octanol–water partition coefficient (Wildman–Crippen LogP) is 2.65. The maximum absolute atomic E-state index is 11.1. The van der Waals surface area contributed by atoms with Crippen molar-refractivity contribution < 1.29 is 4.79 Å². The second-order valence-electron chi connectivity index (χ2n) is 2.12. The average molecular weight is 150 g/mol. The molecule has 0 aromatic rings. The van der Waals surface area contributed by atoms with Crippen molar-refractivity contribution in [1.82, 2.24) is 0 Å². The van der Waals surface area contributed by atoms with E-state index in [9.17, 15) is 4.79 Å². The first-order chi connectivity index (χ1) is 5.26. The Labute approximate surface area is 68.1 Å². The molecule has 0 aliphatic rings. The molecule has 0 rings (SSSR count). The van der Waals surface area contributed by atoms with Crippen LogP contribution in [0.25, 0.3) is 0 Å². The second kappa shape index (κ2) is 5.66. The first-order valence-electron chi connectivity index (χ1n) is 3.74. The van der Waals surface area contributed by atoms with Crippen molar-refractivity contribution in [2.45, 2.75) is 20.3 Å². The van der Waals surface area contributed by atoms with E-state index in [1.165, 1.54) is 0 Å². The molecule has 0 heterocycles.